The number of aromatic nitrogens is 1. The quantitative estimate of drug-likeness (QED) is 0.905. The van der Waals surface area contributed by atoms with Crippen molar-refractivity contribution in [1.29, 1.82) is 0 Å². The second-order valence-electron chi connectivity index (χ2n) is 8.49. The molecule has 2 atom stereocenters. The molecular formula is C18H31N3. The molecule has 0 aliphatic carbocycles. The van der Waals surface area contributed by atoms with E-state index in [0.29, 0.717) is 17.5 Å². The summed E-state index contributed by atoms with van der Waals surface area (Å²) in [5.41, 5.74) is 1.93. The second kappa shape index (κ2) is 6.05. The summed E-state index contributed by atoms with van der Waals surface area (Å²) >= 11 is 0. The summed E-state index contributed by atoms with van der Waals surface area (Å²) in [7, 11) is 0. The van der Waals surface area contributed by atoms with Gasteiger partial charge in [0, 0.05) is 44.1 Å². The first-order chi connectivity index (χ1) is 9.68. The van der Waals surface area contributed by atoms with E-state index < -0.39 is 0 Å². The number of piperazine rings is 1. The summed E-state index contributed by atoms with van der Waals surface area (Å²) in [5.74, 6) is 0. The summed E-state index contributed by atoms with van der Waals surface area (Å²) in [6.45, 7) is 17.2. The van der Waals surface area contributed by atoms with Crippen LogP contribution in [0.25, 0.3) is 0 Å². The second-order valence-corrected chi connectivity index (χ2v) is 8.49. The zero-order valence-electron chi connectivity index (χ0n) is 14.5. The van der Waals surface area contributed by atoms with E-state index in [1.54, 1.807) is 0 Å². The maximum Gasteiger partial charge on any atom is 0.0273 e. The highest BCUT2D eigenvalue weighted by atomic mass is 15.2. The van der Waals surface area contributed by atoms with Crippen molar-refractivity contribution in [1.82, 2.24) is 15.2 Å². The smallest absolute Gasteiger partial charge is 0.0273 e. The van der Waals surface area contributed by atoms with Crippen molar-refractivity contribution in [2.75, 3.05) is 13.1 Å². The van der Waals surface area contributed by atoms with Gasteiger partial charge in [0.2, 0.25) is 0 Å². The van der Waals surface area contributed by atoms with Crippen LogP contribution in [-0.4, -0.2) is 35.1 Å². The third-order valence-electron chi connectivity index (χ3n) is 4.60. The summed E-state index contributed by atoms with van der Waals surface area (Å²) in [5, 5.41) is 3.78. The van der Waals surface area contributed by atoms with Crippen LogP contribution in [0.3, 0.4) is 0 Å². The molecule has 1 aromatic heterocycles. The highest BCUT2D eigenvalue weighted by molar-refractivity contribution is 5.11. The first kappa shape index (κ1) is 16.4. The van der Waals surface area contributed by atoms with Gasteiger partial charge in [-0.25, -0.2) is 0 Å². The predicted octanol–water partition coefficient (Wildman–Crippen LogP) is 3.32. The van der Waals surface area contributed by atoms with Crippen LogP contribution >= 0.6 is 0 Å². The predicted molar refractivity (Wildman–Crippen MR) is 89.1 cm³/mol. The van der Waals surface area contributed by atoms with Gasteiger partial charge in [-0.3, -0.25) is 9.88 Å². The van der Waals surface area contributed by atoms with Gasteiger partial charge in [-0.05, 0) is 28.5 Å². The Kier molecular flexibility index (Phi) is 4.74. The van der Waals surface area contributed by atoms with E-state index in [4.69, 9.17) is 0 Å². The first-order valence-corrected chi connectivity index (χ1v) is 8.04. The Morgan fingerprint density at radius 3 is 2.24 bits per heavy atom. The summed E-state index contributed by atoms with van der Waals surface area (Å²) in [6.07, 6.45) is 3.79. The van der Waals surface area contributed by atoms with Gasteiger partial charge in [-0.1, -0.05) is 41.5 Å². The molecule has 3 heteroatoms. The maximum atomic E-state index is 4.13. The van der Waals surface area contributed by atoms with Crippen molar-refractivity contribution in [2.24, 2.45) is 10.8 Å². The number of nitrogens with zero attached hydrogens (tertiary/aromatic N) is 2. The fourth-order valence-electron chi connectivity index (χ4n) is 3.14. The lowest BCUT2D eigenvalue weighted by Crippen LogP contribution is -2.63. The molecule has 2 heterocycles. The van der Waals surface area contributed by atoms with Crippen molar-refractivity contribution in [3.63, 3.8) is 0 Å². The minimum Gasteiger partial charge on any atom is -0.311 e. The average Bonchev–Trinajstić information content (AvgIpc) is 2.37. The maximum absolute atomic E-state index is 4.13. The molecule has 1 saturated heterocycles. The summed E-state index contributed by atoms with van der Waals surface area (Å²) < 4.78 is 0. The molecule has 1 fully saturated rings. The molecule has 2 rings (SSSR count). The van der Waals surface area contributed by atoms with Crippen LogP contribution < -0.4 is 5.32 Å². The van der Waals surface area contributed by atoms with E-state index in [1.165, 1.54) is 5.56 Å². The van der Waals surface area contributed by atoms with Gasteiger partial charge in [0.05, 0.1) is 0 Å². The van der Waals surface area contributed by atoms with E-state index in [1.807, 2.05) is 12.4 Å². The SMILES string of the molecule is CC(C)(C)C1CN(Cc2ccncc2)C(C(C)(C)C)CN1. The van der Waals surface area contributed by atoms with Crippen LogP contribution in [0.4, 0.5) is 0 Å². The molecule has 21 heavy (non-hydrogen) atoms. The van der Waals surface area contributed by atoms with Crippen LogP contribution in [0.1, 0.15) is 47.1 Å². The Bertz CT molecular complexity index is 442. The Morgan fingerprint density at radius 1 is 1.10 bits per heavy atom. The molecule has 1 aliphatic heterocycles. The molecule has 1 aromatic rings. The standard InChI is InChI=1S/C18H31N3/c1-17(2,3)15-13-21(12-14-7-9-19-10-8-14)16(11-20-15)18(4,5)6/h7-10,15-16,20H,11-13H2,1-6H3. The molecular weight excluding hydrogens is 258 g/mol. The van der Waals surface area contributed by atoms with Crippen LogP contribution in [0.5, 0.6) is 0 Å². The van der Waals surface area contributed by atoms with Crippen LogP contribution in [-0.2, 0) is 6.54 Å². The Morgan fingerprint density at radius 2 is 1.71 bits per heavy atom. The monoisotopic (exact) mass is 289 g/mol. The topological polar surface area (TPSA) is 28.2 Å². The van der Waals surface area contributed by atoms with E-state index in [9.17, 15) is 0 Å². The Labute approximate surface area is 130 Å². The zero-order chi connectivity index (χ0) is 15.7. The van der Waals surface area contributed by atoms with E-state index in [0.717, 1.165) is 19.6 Å². The fraction of sp³-hybridized carbons (Fsp3) is 0.722. The lowest BCUT2D eigenvalue weighted by molar-refractivity contribution is 0.0248. The van der Waals surface area contributed by atoms with E-state index in [2.05, 4.69) is 68.9 Å². The van der Waals surface area contributed by atoms with Crippen molar-refractivity contribution in [3.05, 3.63) is 30.1 Å². The third-order valence-corrected chi connectivity index (χ3v) is 4.60. The fourth-order valence-corrected chi connectivity index (χ4v) is 3.14. The largest absolute Gasteiger partial charge is 0.311 e. The highest BCUT2D eigenvalue weighted by Crippen LogP contribution is 2.31. The minimum atomic E-state index is 0.281. The van der Waals surface area contributed by atoms with Gasteiger partial charge in [0.15, 0.2) is 0 Å². The van der Waals surface area contributed by atoms with Crippen LogP contribution in [0, 0.1) is 10.8 Å². The number of hydrogen-bond donors (Lipinski definition) is 1. The van der Waals surface area contributed by atoms with Gasteiger partial charge in [0.25, 0.3) is 0 Å². The van der Waals surface area contributed by atoms with Crippen molar-refractivity contribution in [3.8, 4) is 0 Å². The third kappa shape index (κ3) is 4.27. The molecule has 2 unspecified atom stereocenters. The molecule has 0 amide bonds. The minimum absolute atomic E-state index is 0.281. The van der Waals surface area contributed by atoms with E-state index >= 15 is 0 Å². The van der Waals surface area contributed by atoms with Crippen molar-refractivity contribution >= 4 is 0 Å². The molecule has 1 aliphatic rings. The summed E-state index contributed by atoms with van der Waals surface area (Å²) in [4.78, 5) is 6.78. The number of rotatable bonds is 2. The van der Waals surface area contributed by atoms with Crippen molar-refractivity contribution in [2.45, 2.75) is 60.2 Å². The lowest BCUT2D eigenvalue weighted by atomic mass is 9.79. The van der Waals surface area contributed by atoms with E-state index in [-0.39, 0.29) is 5.41 Å². The molecule has 118 valence electrons. The molecule has 1 N–H and O–H groups in total. The van der Waals surface area contributed by atoms with Gasteiger partial charge in [-0.15, -0.1) is 0 Å². The molecule has 0 radical (unpaired) electrons. The summed E-state index contributed by atoms with van der Waals surface area (Å²) in [6, 6.07) is 5.36. The number of nitrogens with one attached hydrogen (secondary N) is 1. The first-order valence-electron chi connectivity index (χ1n) is 8.04. The molecule has 0 spiro atoms. The number of hydrogen-bond acceptors (Lipinski definition) is 3. The van der Waals surface area contributed by atoms with Gasteiger partial charge in [-0.2, -0.15) is 0 Å². The van der Waals surface area contributed by atoms with Crippen LogP contribution in [0.15, 0.2) is 24.5 Å². The molecule has 0 aromatic carbocycles. The van der Waals surface area contributed by atoms with Crippen LogP contribution in [0.2, 0.25) is 0 Å². The Balaban J connectivity index is 2.17. The molecule has 3 nitrogen and oxygen atoms in total. The molecule has 0 bridgehead atoms. The number of pyridine rings is 1. The zero-order valence-corrected chi connectivity index (χ0v) is 14.5. The lowest BCUT2D eigenvalue weighted by Gasteiger charge is -2.49. The average molecular weight is 289 g/mol. The normalized spacial score (nSPS) is 25.0. The van der Waals surface area contributed by atoms with Gasteiger partial charge < -0.3 is 5.32 Å². The van der Waals surface area contributed by atoms with Crippen molar-refractivity contribution < 1.29 is 0 Å². The Hall–Kier alpha value is -0.930. The highest BCUT2D eigenvalue weighted by Gasteiger charge is 2.38. The molecule has 0 saturated carbocycles. The van der Waals surface area contributed by atoms with Gasteiger partial charge >= 0.3 is 0 Å². The van der Waals surface area contributed by atoms with Gasteiger partial charge in [0.1, 0.15) is 0 Å².